The van der Waals surface area contributed by atoms with Crippen molar-refractivity contribution in [3.05, 3.63) is 34.2 Å². The van der Waals surface area contributed by atoms with E-state index in [1.807, 2.05) is 0 Å². The zero-order chi connectivity index (χ0) is 13.0. The van der Waals surface area contributed by atoms with Gasteiger partial charge in [-0.15, -0.1) is 0 Å². The van der Waals surface area contributed by atoms with Crippen molar-refractivity contribution in [3.8, 4) is 0 Å². The van der Waals surface area contributed by atoms with Crippen LogP contribution in [0.3, 0.4) is 0 Å². The SMILES string of the molecule is O=C(NCC1CCCCC1O)c1ccc[nH]c1=O. The van der Waals surface area contributed by atoms with Gasteiger partial charge in [-0.3, -0.25) is 9.59 Å². The van der Waals surface area contributed by atoms with Crippen molar-refractivity contribution >= 4 is 5.91 Å². The molecule has 3 N–H and O–H groups in total. The Kier molecular flexibility index (Phi) is 4.15. The van der Waals surface area contributed by atoms with Crippen LogP contribution in [0.5, 0.6) is 0 Å². The lowest BCUT2D eigenvalue weighted by Gasteiger charge is -2.27. The van der Waals surface area contributed by atoms with Crippen molar-refractivity contribution in [2.45, 2.75) is 31.8 Å². The number of hydrogen-bond acceptors (Lipinski definition) is 3. The van der Waals surface area contributed by atoms with Crippen LogP contribution < -0.4 is 10.9 Å². The molecule has 1 saturated carbocycles. The Hall–Kier alpha value is -1.62. The van der Waals surface area contributed by atoms with E-state index in [9.17, 15) is 14.7 Å². The third-order valence-corrected chi connectivity index (χ3v) is 3.46. The number of H-pyrrole nitrogens is 1. The number of rotatable bonds is 3. The Morgan fingerprint density at radius 1 is 1.44 bits per heavy atom. The van der Waals surface area contributed by atoms with E-state index in [4.69, 9.17) is 0 Å². The van der Waals surface area contributed by atoms with Crippen LogP contribution in [0.1, 0.15) is 36.0 Å². The van der Waals surface area contributed by atoms with Gasteiger partial charge in [0, 0.05) is 18.7 Å². The average molecular weight is 250 g/mol. The molecular weight excluding hydrogens is 232 g/mol. The number of carbonyl (C=O) groups excluding carboxylic acids is 1. The molecule has 0 saturated heterocycles. The Balaban J connectivity index is 1.92. The minimum Gasteiger partial charge on any atom is -0.393 e. The molecule has 0 aliphatic heterocycles. The average Bonchev–Trinajstić information content (AvgIpc) is 2.38. The molecule has 0 aromatic carbocycles. The maximum atomic E-state index is 11.8. The van der Waals surface area contributed by atoms with Crippen LogP contribution in [-0.2, 0) is 0 Å². The summed E-state index contributed by atoms with van der Waals surface area (Å²) in [4.78, 5) is 25.7. The summed E-state index contributed by atoms with van der Waals surface area (Å²) >= 11 is 0. The van der Waals surface area contributed by atoms with Gasteiger partial charge in [-0.05, 0) is 25.0 Å². The smallest absolute Gasteiger partial charge is 0.260 e. The molecule has 1 aromatic heterocycles. The van der Waals surface area contributed by atoms with E-state index in [0.29, 0.717) is 6.54 Å². The highest BCUT2D eigenvalue weighted by molar-refractivity contribution is 5.93. The first-order valence-corrected chi connectivity index (χ1v) is 6.32. The molecule has 1 fully saturated rings. The first-order chi connectivity index (χ1) is 8.68. The van der Waals surface area contributed by atoms with Crippen LogP contribution >= 0.6 is 0 Å². The fourth-order valence-electron chi connectivity index (χ4n) is 2.35. The highest BCUT2D eigenvalue weighted by Gasteiger charge is 2.23. The Morgan fingerprint density at radius 3 is 2.94 bits per heavy atom. The molecule has 1 aromatic rings. The van der Waals surface area contributed by atoms with Crippen LogP contribution in [-0.4, -0.2) is 28.6 Å². The van der Waals surface area contributed by atoms with Crippen LogP contribution in [0.15, 0.2) is 23.1 Å². The summed E-state index contributed by atoms with van der Waals surface area (Å²) in [5.41, 5.74) is -0.276. The van der Waals surface area contributed by atoms with Crippen molar-refractivity contribution in [1.29, 1.82) is 0 Å². The quantitative estimate of drug-likeness (QED) is 0.737. The Bertz CT molecular complexity index is 469. The number of aromatic nitrogens is 1. The van der Waals surface area contributed by atoms with Gasteiger partial charge in [0.15, 0.2) is 0 Å². The van der Waals surface area contributed by atoms with Crippen LogP contribution in [0, 0.1) is 5.92 Å². The summed E-state index contributed by atoms with van der Waals surface area (Å²) < 4.78 is 0. The number of amides is 1. The Morgan fingerprint density at radius 2 is 2.22 bits per heavy atom. The lowest BCUT2D eigenvalue weighted by molar-refractivity contribution is 0.0662. The second-order valence-corrected chi connectivity index (χ2v) is 4.73. The largest absolute Gasteiger partial charge is 0.393 e. The van der Waals surface area contributed by atoms with E-state index >= 15 is 0 Å². The second kappa shape index (κ2) is 5.82. The first-order valence-electron chi connectivity index (χ1n) is 6.32. The molecule has 1 aliphatic rings. The van der Waals surface area contributed by atoms with Gasteiger partial charge in [-0.1, -0.05) is 12.8 Å². The van der Waals surface area contributed by atoms with Crippen molar-refractivity contribution in [2.75, 3.05) is 6.54 Å². The van der Waals surface area contributed by atoms with Gasteiger partial charge in [0.05, 0.1) is 6.10 Å². The molecule has 1 heterocycles. The van der Waals surface area contributed by atoms with Crippen LogP contribution in [0.2, 0.25) is 0 Å². The fourth-order valence-corrected chi connectivity index (χ4v) is 2.35. The van der Waals surface area contributed by atoms with Crippen molar-refractivity contribution in [2.24, 2.45) is 5.92 Å². The second-order valence-electron chi connectivity index (χ2n) is 4.73. The summed E-state index contributed by atoms with van der Waals surface area (Å²) in [5.74, 6) is -0.278. The van der Waals surface area contributed by atoms with Crippen LogP contribution in [0.4, 0.5) is 0 Å². The Labute approximate surface area is 105 Å². The molecule has 0 bridgehead atoms. The first kappa shape index (κ1) is 12.8. The van der Waals surface area contributed by atoms with E-state index in [0.717, 1.165) is 25.7 Å². The molecule has 5 nitrogen and oxygen atoms in total. The van der Waals surface area contributed by atoms with E-state index < -0.39 is 0 Å². The van der Waals surface area contributed by atoms with E-state index in [1.54, 1.807) is 6.07 Å². The molecule has 2 rings (SSSR count). The molecular formula is C13H18N2O3. The van der Waals surface area contributed by atoms with Gasteiger partial charge in [-0.25, -0.2) is 0 Å². The van der Waals surface area contributed by atoms with Crippen molar-refractivity contribution in [1.82, 2.24) is 10.3 Å². The van der Waals surface area contributed by atoms with Crippen molar-refractivity contribution < 1.29 is 9.90 Å². The number of aliphatic hydroxyl groups excluding tert-OH is 1. The lowest BCUT2D eigenvalue weighted by atomic mass is 9.86. The number of pyridine rings is 1. The summed E-state index contributed by atoms with van der Waals surface area (Å²) in [6.45, 7) is 0.425. The highest BCUT2D eigenvalue weighted by atomic mass is 16.3. The molecule has 98 valence electrons. The van der Waals surface area contributed by atoms with E-state index in [2.05, 4.69) is 10.3 Å². The van der Waals surface area contributed by atoms with Crippen LogP contribution in [0.25, 0.3) is 0 Å². The zero-order valence-electron chi connectivity index (χ0n) is 10.2. The minimum absolute atomic E-state index is 0.102. The topological polar surface area (TPSA) is 82.2 Å². The molecule has 18 heavy (non-hydrogen) atoms. The number of aliphatic hydroxyl groups is 1. The monoisotopic (exact) mass is 250 g/mol. The molecule has 2 atom stereocenters. The molecule has 1 aliphatic carbocycles. The standard InChI is InChI=1S/C13H18N2O3/c16-11-6-2-1-4-9(11)8-15-13(18)10-5-3-7-14-12(10)17/h3,5,7,9,11,16H,1-2,4,6,8H2,(H,14,17)(H,15,18). The van der Waals surface area contributed by atoms with E-state index in [-0.39, 0.29) is 29.1 Å². The van der Waals surface area contributed by atoms with Gasteiger partial charge >= 0.3 is 0 Å². The summed E-state index contributed by atoms with van der Waals surface area (Å²) in [7, 11) is 0. The van der Waals surface area contributed by atoms with Gasteiger partial charge in [0.1, 0.15) is 5.56 Å². The lowest BCUT2D eigenvalue weighted by Crippen LogP contribution is -2.38. The number of hydrogen-bond donors (Lipinski definition) is 3. The number of carbonyl (C=O) groups is 1. The minimum atomic E-state index is -0.390. The highest BCUT2D eigenvalue weighted by Crippen LogP contribution is 2.23. The summed E-state index contributed by atoms with van der Waals surface area (Å²) in [6, 6.07) is 3.11. The third kappa shape index (κ3) is 2.98. The molecule has 0 spiro atoms. The van der Waals surface area contributed by atoms with Gasteiger partial charge in [0.25, 0.3) is 11.5 Å². The third-order valence-electron chi connectivity index (χ3n) is 3.46. The van der Waals surface area contributed by atoms with E-state index in [1.165, 1.54) is 12.3 Å². The maximum Gasteiger partial charge on any atom is 0.260 e. The molecule has 0 radical (unpaired) electrons. The van der Waals surface area contributed by atoms with Gasteiger partial charge < -0.3 is 15.4 Å². The number of nitrogens with one attached hydrogen (secondary N) is 2. The predicted molar refractivity (Wildman–Crippen MR) is 67.4 cm³/mol. The van der Waals surface area contributed by atoms with Gasteiger partial charge in [-0.2, -0.15) is 0 Å². The molecule has 5 heteroatoms. The summed E-state index contributed by atoms with van der Waals surface area (Å²) in [6.07, 6.45) is 5.00. The van der Waals surface area contributed by atoms with Crippen molar-refractivity contribution in [3.63, 3.8) is 0 Å². The maximum absolute atomic E-state index is 11.8. The molecule has 1 amide bonds. The van der Waals surface area contributed by atoms with Gasteiger partial charge in [0.2, 0.25) is 0 Å². The molecule has 2 unspecified atom stereocenters. The predicted octanol–water partition coefficient (Wildman–Crippen LogP) is 0.656. The summed E-state index contributed by atoms with van der Waals surface area (Å²) in [5, 5.41) is 12.5. The zero-order valence-corrected chi connectivity index (χ0v) is 10.2. The normalized spacial score (nSPS) is 23.6. The number of aromatic amines is 1. The fraction of sp³-hybridized carbons (Fsp3) is 0.538.